The monoisotopic (exact) mass is 334 g/mol. The topological polar surface area (TPSA) is 37.3 Å². The molecule has 0 unspecified atom stereocenters. The van der Waals surface area contributed by atoms with E-state index in [0.29, 0.717) is 11.1 Å². The molecule has 0 amide bonds. The minimum Gasteiger partial charge on any atom is -0.478 e. The summed E-state index contributed by atoms with van der Waals surface area (Å²) in [5.41, 5.74) is 3.61. The van der Waals surface area contributed by atoms with Gasteiger partial charge in [0, 0.05) is 15.3 Å². The van der Waals surface area contributed by atoms with E-state index >= 15 is 0 Å². The maximum Gasteiger partial charge on any atom is 0.331 e. The van der Waals surface area contributed by atoms with Crippen molar-refractivity contribution >= 4 is 23.4 Å². The molecule has 0 aliphatic carbocycles. The van der Waals surface area contributed by atoms with Crippen LogP contribution in [0.25, 0.3) is 6.08 Å². The molecule has 0 fully saturated rings. The van der Waals surface area contributed by atoms with E-state index in [-0.39, 0.29) is 11.4 Å². The molecule has 1 aromatic heterocycles. The molecule has 0 saturated heterocycles. The average molecular weight is 334 g/mol. The molecule has 124 valence electrons. The highest BCUT2D eigenvalue weighted by atomic mass is 32.1. The van der Waals surface area contributed by atoms with Crippen LogP contribution in [0.2, 0.25) is 0 Å². The molecule has 1 N–H and O–H groups in total. The summed E-state index contributed by atoms with van der Waals surface area (Å²) >= 11 is 1.74. The van der Waals surface area contributed by atoms with E-state index in [1.54, 1.807) is 31.3 Å². The van der Waals surface area contributed by atoms with Gasteiger partial charge in [-0.15, -0.1) is 11.3 Å². The van der Waals surface area contributed by atoms with Gasteiger partial charge in [-0.3, -0.25) is 0 Å². The van der Waals surface area contributed by atoms with Gasteiger partial charge in [-0.25, -0.2) is 9.18 Å². The van der Waals surface area contributed by atoms with Crippen molar-refractivity contribution in [2.75, 3.05) is 0 Å². The highest BCUT2D eigenvalue weighted by Crippen LogP contribution is 2.28. The summed E-state index contributed by atoms with van der Waals surface area (Å²) in [5.74, 6) is -1.37. The van der Waals surface area contributed by atoms with Crippen molar-refractivity contribution in [3.63, 3.8) is 0 Å². The van der Waals surface area contributed by atoms with Crippen molar-refractivity contribution in [1.29, 1.82) is 0 Å². The second-order valence-corrected chi connectivity index (χ2v) is 6.99. The Hall–Kier alpha value is -1.94. The van der Waals surface area contributed by atoms with Gasteiger partial charge in [-0.2, -0.15) is 0 Å². The zero-order valence-corrected chi connectivity index (χ0v) is 15.3. The first kappa shape index (κ1) is 19.1. The number of allylic oxidation sites excluding steroid dienone is 6. The predicted octanol–water partition coefficient (Wildman–Crippen LogP) is 5.91. The molecule has 0 saturated carbocycles. The Morgan fingerprint density at radius 3 is 2.09 bits per heavy atom. The van der Waals surface area contributed by atoms with E-state index < -0.39 is 5.97 Å². The van der Waals surface area contributed by atoms with Gasteiger partial charge in [-0.1, -0.05) is 18.2 Å². The van der Waals surface area contributed by atoms with Crippen molar-refractivity contribution in [1.82, 2.24) is 0 Å². The minimum absolute atomic E-state index is 0.210. The normalized spacial score (nSPS) is 14.4. The first-order chi connectivity index (χ1) is 10.6. The van der Waals surface area contributed by atoms with Gasteiger partial charge in [-0.05, 0) is 69.9 Å². The lowest BCUT2D eigenvalue weighted by atomic mass is 10.1. The Balaban J connectivity index is 3.00. The number of carbonyl (C=O) groups is 1. The summed E-state index contributed by atoms with van der Waals surface area (Å²) in [6, 6.07) is 0. The highest BCUT2D eigenvalue weighted by molar-refractivity contribution is 7.12. The lowest BCUT2D eigenvalue weighted by molar-refractivity contribution is -0.132. The predicted molar refractivity (Wildman–Crippen MR) is 96.5 cm³/mol. The third kappa shape index (κ3) is 5.03. The first-order valence-electron chi connectivity index (χ1n) is 7.35. The number of hydrogen-bond donors (Lipinski definition) is 1. The minimum atomic E-state index is -0.994. The van der Waals surface area contributed by atoms with E-state index in [1.165, 1.54) is 34.4 Å². The Morgan fingerprint density at radius 1 is 1.00 bits per heavy atom. The summed E-state index contributed by atoms with van der Waals surface area (Å²) in [5, 5.41) is 8.88. The summed E-state index contributed by atoms with van der Waals surface area (Å²) in [7, 11) is 0. The van der Waals surface area contributed by atoms with Crippen molar-refractivity contribution in [3.05, 3.63) is 61.7 Å². The molecule has 23 heavy (non-hydrogen) atoms. The third-order valence-electron chi connectivity index (χ3n) is 3.89. The number of aliphatic carboxylic acids is 1. The molecule has 1 heterocycles. The van der Waals surface area contributed by atoms with E-state index in [0.717, 1.165) is 5.56 Å². The Morgan fingerprint density at radius 2 is 1.61 bits per heavy atom. The van der Waals surface area contributed by atoms with E-state index in [1.807, 2.05) is 6.08 Å². The number of carboxylic acids is 1. The highest BCUT2D eigenvalue weighted by Gasteiger charge is 2.06. The van der Waals surface area contributed by atoms with Crippen molar-refractivity contribution in [2.45, 2.75) is 41.5 Å². The van der Waals surface area contributed by atoms with Crippen LogP contribution in [-0.2, 0) is 4.79 Å². The largest absolute Gasteiger partial charge is 0.478 e. The van der Waals surface area contributed by atoms with Crippen molar-refractivity contribution in [2.24, 2.45) is 0 Å². The van der Waals surface area contributed by atoms with Gasteiger partial charge in [0.05, 0.1) is 0 Å². The Bertz CT molecular complexity index is 731. The van der Waals surface area contributed by atoms with Crippen LogP contribution in [0.5, 0.6) is 0 Å². The lowest BCUT2D eigenvalue weighted by Crippen LogP contribution is -1.98. The van der Waals surface area contributed by atoms with Gasteiger partial charge in [0.25, 0.3) is 0 Å². The van der Waals surface area contributed by atoms with Gasteiger partial charge in [0.15, 0.2) is 0 Å². The smallest absolute Gasteiger partial charge is 0.331 e. The molecule has 0 spiro atoms. The molecular weight excluding hydrogens is 311 g/mol. The van der Waals surface area contributed by atoms with Gasteiger partial charge < -0.3 is 5.11 Å². The van der Waals surface area contributed by atoms with E-state index in [4.69, 9.17) is 5.11 Å². The van der Waals surface area contributed by atoms with Crippen LogP contribution < -0.4 is 0 Å². The molecule has 0 aliphatic rings. The summed E-state index contributed by atoms with van der Waals surface area (Å²) in [6.07, 6.45) is 6.48. The van der Waals surface area contributed by atoms with Crippen LogP contribution in [0.1, 0.15) is 41.7 Å². The maximum atomic E-state index is 14.1. The average Bonchev–Trinajstić information content (AvgIpc) is 2.74. The summed E-state index contributed by atoms with van der Waals surface area (Å²) < 4.78 is 14.1. The lowest BCUT2D eigenvalue weighted by Gasteiger charge is -1.99. The number of carboxylic acid groups (broad SMARTS) is 1. The van der Waals surface area contributed by atoms with Gasteiger partial charge in [0.1, 0.15) is 5.83 Å². The van der Waals surface area contributed by atoms with E-state index in [9.17, 15) is 9.18 Å². The standard InChI is InChI=1S/C19H23FO2S/c1-11(13(3)19(21)22)8-10-18(20)12(2)7-9-17-14(4)15(5)23-16(17)6/h7-10H,1-6H3,(H,21,22). The molecule has 0 aliphatic heterocycles. The third-order valence-corrected chi connectivity index (χ3v) is 5.02. The van der Waals surface area contributed by atoms with Gasteiger partial charge >= 0.3 is 5.97 Å². The fraction of sp³-hybridized carbons (Fsp3) is 0.316. The van der Waals surface area contributed by atoms with Crippen LogP contribution in [0.15, 0.2) is 40.8 Å². The van der Waals surface area contributed by atoms with Gasteiger partial charge in [0.2, 0.25) is 0 Å². The van der Waals surface area contributed by atoms with Crippen LogP contribution >= 0.6 is 11.3 Å². The summed E-state index contributed by atoms with van der Waals surface area (Å²) in [6.45, 7) is 11.1. The molecule has 1 aromatic rings. The summed E-state index contributed by atoms with van der Waals surface area (Å²) in [4.78, 5) is 13.3. The maximum absolute atomic E-state index is 14.1. The number of thiophene rings is 1. The number of aryl methyl sites for hydroxylation is 2. The van der Waals surface area contributed by atoms with Crippen molar-refractivity contribution in [3.8, 4) is 0 Å². The second kappa shape index (κ2) is 8.06. The molecular formula is C19H23FO2S. The molecule has 0 atom stereocenters. The van der Waals surface area contributed by atoms with E-state index in [2.05, 4.69) is 20.8 Å². The molecule has 0 aromatic carbocycles. The number of halogens is 1. The Kier molecular flexibility index (Phi) is 6.70. The molecule has 0 bridgehead atoms. The fourth-order valence-electron chi connectivity index (χ4n) is 1.97. The van der Waals surface area contributed by atoms with Crippen molar-refractivity contribution < 1.29 is 14.3 Å². The quantitative estimate of drug-likeness (QED) is 0.537. The number of rotatable bonds is 5. The molecule has 2 nitrogen and oxygen atoms in total. The molecule has 0 radical (unpaired) electrons. The van der Waals surface area contributed by atoms with Crippen LogP contribution in [-0.4, -0.2) is 11.1 Å². The Labute approximate surface area is 141 Å². The number of hydrogen-bond acceptors (Lipinski definition) is 2. The second-order valence-electron chi connectivity index (χ2n) is 5.56. The van der Waals surface area contributed by atoms with Crippen LogP contribution in [0.4, 0.5) is 4.39 Å². The zero-order chi connectivity index (χ0) is 17.7. The fourth-order valence-corrected chi connectivity index (χ4v) is 3.02. The molecule has 1 rings (SSSR count). The zero-order valence-electron chi connectivity index (χ0n) is 14.5. The SMILES string of the molecule is CC(C=Cc1c(C)sc(C)c1C)=C(F)C=CC(C)=C(C)C(=O)O. The first-order valence-corrected chi connectivity index (χ1v) is 8.16. The van der Waals surface area contributed by atoms with Crippen LogP contribution in [0, 0.1) is 20.8 Å². The molecule has 4 heteroatoms. The van der Waals surface area contributed by atoms with Crippen LogP contribution in [0.3, 0.4) is 0 Å².